The van der Waals surface area contributed by atoms with Crippen molar-refractivity contribution in [3.63, 3.8) is 0 Å². The van der Waals surface area contributed by atoms with Crippen LogP contribution in [0.15, 0.2) is 36.4 Å². The molecule has 0 bridgehead atoms. The van der Waals surface area contributed by atoms with E-state index in [-0.39, 0.29) is 18.6 Å². The largest absolute Gasteiger partial charge is 0.580 e. The monoisotopic (exact) mass is 532 g/mol. The first kappa shape index (κ1) is 27.3. The van der Waals surface area contributed by atoms with Crippen molar-refractivity contribution in [3.05, 3.63) is 64.2 Å². The minimum atomic E-state index is -4.76. The molecule has 3 atom stereocenters. The number of aromatic hydroxyl groups is 1. The van der Waals surface area contributed by atoms with Crippen LogP contribution in [0.25, 0.3) is 0 Å². The number of halogens is 6. The molecule has 11 heteroatoms. The summed E-state index contributed by atoms with van der Waals surface area (Å²) in [6, 6.07) is 6.73. The maximum absolute atomic E-state index is 13.4. The van der Waals surface area contributed by atoms with Crippen molar-refractivity contribution in [2.24, 2.45) is 11.8 Å². The van der Waals surface area contributed by atoms with Crippen LogP contribution in [0.1, 0.15) is 53.7 Å². The number of hydrogen-bond donors (Lipinski definition) is 2. The Labute approximate surface area is 209 Å². The molecular weight excluding hydrogens is 504 g/mol. The molecule has 0 saturated carbocycles. The first-order chi connectivity index (χ1) is 17.2. The molecular formula is C26H28F6NO4+. The average molecular weight is 533 g/mol. The van der Waals surface area contributed by atoms with Crippen LogP contribution in [0.5, 0.6) is 5.75 Å². The van der Waals surface area contributed by atoms with Gasteiger partial charge in [-0.3, -0.25) is 9.69 Å². The number of benzene rings is 2. The predicted octanol–water partition coefficient (Wildman–Crippen LogP) is 5.56. The topological polar surface area (TPSA) is 73.6 Å². The summed E-state index contributed by atoms with van der Waals surface area (Å²) in [4.78, 5) is 12.9. The summed E-state index contributed by atoms with van der Waals surface area (Å²) in [6.45, 7) is 1.96. The van der Waals surface area contributed by atoms with Crippen molar-refractivity contribution in [2.45, 2.75) is 57.3 Å². The zero-order chi connectivity index (χ0) is 27.1. The number of aliphatic hydroxyl groups excluding tert-OH is 1. The van der Waals surface area contributed by atoms with Crippen LogP contribution in [0, 0.1) is 11.8 Å². The second kappa shape index (κ2) is 10.2. The quantitative estimate of drug-likeness (QED) is 0.378. The van der Waals surface area contributed by atoms with Gasteiger partial charge in [0.25, 0.3) is 5.75 Å². The third kappa shape index (κ3) is 6.04. The second-order valence-corrected chi connectivity index (χ2v) is 9.87. The van der Waals surface area contributed by atoms with E-state index < -0.39 is 47.0 Å². The number of hydrogen-bond acceptors (Lipinski definition) is 3. The highest BCUT2D eigenvalue weighted by Gasteiger charge is 2.42. The second-order valence-electron chi connectivity index (χ2n) is 9.87. The van der Waals surface area contributed by atoms with Gasteiger partial charge in [0, 0.05) is 37.7 Å². The SMILES string of the molecule is C[C@H](C(=O)O)[C@@H](O)c1ccc2c(c1)[OH+]C(C1CN(Cc3cc(C(F)(F)F)ccc3C(F)(F)F)C1)CCC2. The number of carboxylic acid groups (broad SMARTS) is 1. The van der Waals surface area contributed by atoms with Crippen molar-refractivity contribution in [2.75, 3.05) is 13.1 Å². The number of aryl methyl sites for hydroxylation is 1. The number of aliphatic carboxylic acids is 1. The van der Waals surface area contributed by atoms with Crippen molar-refractivity contribution in [3.8, 4) is 5.75 Å². The predicted molar refractivity (Wildman–Crippen MR) is 122 cm³/mol. The van der Waals surface area contributed by atoms with Gasteiger partial charge in [0.1, 0.15) is 0 Å². The fraction of sp³-hybridized carbons (Fsp3) is 0.500. The van der Waals surface area contributed by atoms with Crippen LogP contribution in [-0.4, -0.2) is 45.0 Å². The molecule has 2 aromatic carbocycles. The third-order valence-electron chi connectivity index (χ3n) is 7.23. The Bertz CT molecular complexity index is 1140. The maximum atomic E-state index is 13.4. The summed E-state index contributed by atoms with van der Waals surface area (Å²) in [7, 11) is 0. The summed E-state index contributed by atoms with van der Waals surface area (Å²) in [6.07, 6.45) is -8.51. The van der Waals surface area contributed by atoms with Crippen molar-refractivity contribution >= 4 is 5.97 Å². The molecule has 2 aliphatic heterocycles. The molecule has 0 aliphatic carbocycles. The van der Waals surface area contributed by atoms with Crippen molar-refractivity contribution < 1.29 is 46.1 Å². The first-order valence-electron chi connectivity index (χ1n) is 12.0. The van der Waals surface area contributed by atoms with E-state index in [4.69, 9.17) is 4.74 Å². The number of ether oxygens (including phenoxy) is 1. The molecule has 4 rings (SSSR count). The lowest BCUT2D eigenvalue weighted by Crippen LogP contribution is -2.52. The Morgan fingerprint density at radius 2 is 1.78 bits per heavy atom. The number of carbonyl (C=O) groups is 1. The van der Waals surface area contributed by atoms with E-state index in [2.05, 4.69) is 0 Å². The molecule has 1 fully saturated rings. The van der Waals surface area contributed by atoms with Crippen LogP contribution in [0.2, 0.25) is 0 Å². The normalized spacial score (nSPS) is 20.8. The summed E-state index contributed by atoms with van der Waals surface area (Å²) in [5.41, 5.74) is -1.18. The Morgan fingerprint density at radius 1 is 1.08 bits per heavy atom. The molecule has 37 heavy (non-hydrogen) atoms. The molecule has 2 aromatic rings. The Hall–Kier alpha value is -2.79. The van der Waals surface area contributed by atoms with E-state index in [9.17, 15) is 41.4 Å². The number of alkyl halides is 6. The molecule has 3 N–H and O–H groups in total. The van der Waals surface area contributed by atoms with Gasteiger partial charge in [-0.05, 0) is 55.2 Å². The molecule has 202 valence electrons. The highest BCUT2D eigenvalue weighted by molar-refractivity contribution is 5.70. The number of fused-ring (bicyclic) bond motifs is 1. The lowest BCUT2D eigenvalue weighted by molar-refractivity contribution is -0.145. The van der Waals surface area contributed by atoms with Gasteiger partial charge in [-0.15, -0.1) is 0 Å². The van der Waals surface area contributed by atoms with Gasteiger partial charge in [0.15, 0.2) is 6.10 Å². The number of likely N-dealkylation sites (tertiary alicyclic amines) is 1. The van der Waals surface area contributed by atoms with Gasteiger partial charge in [-0.2, -0.15) is 26.3 Å². The number of carboxylic acids is 1. The number of aliphatic hydroxyl groups is 2. The zero-order valence-electron chi connectivity index (χ0n) is 20.0. The van der Waals surface area contributed by atoms with Crippen molar-refractivity contribution in [1.29, 1.82) is 0 Å². The lowest BCUT2D eigenvalue weighted by Gasteiger charge is -2.41. The third-order valence-corrected chi connectivity index (χ3v) is 7.23. The van der Waals surface area contributed by atoms with E-state index in [0.29, 0.717) is 42.6 Å². The van der Waals surface area contributed by atoms with E-state index in [1.54, 1.807) is 17.0 Å². The summed E-state index contributed by atoms with van der Waals surface area (Å²) in [5, 5.41) is 19.6. The van der Waals surface area contributed by atoms with E-state index in [0.717, 1.165) is 24.8 Å². The van der Waals surface area contributed by atoms with Gasteiger partial charge in [-0.25, -0.2) is 0 Å². The highest BCUT2D eigenvalue weighted by Crippen LogP contribution is 2.39. The van der Waals surface area contributed by atoms with Crippen LogP contribution < -0.4 is 0 Å². The first-order valence-corrected chi connectivity index (χ1v) is 12.0. The highest BCUT2D eigenvalue weighted by atomic mass is 19.4. The molecule has 1 saturated heterocycles. The molecule has 5 nitrogen and oxygen atoms in total. The van der Waals surface area contributed by atoms with Gasteiger partial charge < -0.3 is 14.9 Å². The van der Waals surface area contributed by atoms with Gasteiger partial charge in [-0.1, -0.05) is 6.07 Å². The summed E-state index contributed by atoms with van der Waals surface area (Å²) >= 11 is 0. The fourth-order valence-electron chi connectivity index (χ4n) is 5.01. The smallest absolute Gasteiger partial charge is 0.416 e. The lowest BCUT2D eigenvalue weighted by atomic mass is 9.89. The number of rotatable bonds is 6. The summed E-state index contributed by atoms with van der Waals surface area (Å²) in [5.74, 6) is -1.44. The molecule has 0 spiro atoms. The molecule has 0 amide bonds. The van der Waals surface area contributed by atoms with E-state index >= 15 is 0 Å². The number of nitrogens with zero attached hydrogens (tertiary/aromatic N) is 1. The molecule has 1 unspecified atom stereocenters. The maximum Gasteiger partial charge on any atom is 0.416 e. The fourth-order valence-corrected chi connectivity index (χ4v) is 5.01. The minimum absolute atomic E-state index is 0.0256. The van der Waals surface area contributed by atoms with Crippen LogP contribution in [-0.2, 0) is 30.1 Å². The van der Waals surface area contributed by atoms with Crippen LogP contribution in [0.4, 0.5) is 26.3 Å². The van der Waals surface area contributed by atoms with E-state index in [1.807, 2.05) is 6.07 Å². The van der Waals surface area contributed by atoms with Gasteiger partial charge in [0.05, 0.1) is 29.1 Å². The van der Waals surface area contributed by atoms with Gasteiger partial charge in [0.2, 0.25) is 0 Å². The average Bonchev–Trinajstić information content (AvgIpc) is 3.00. The molecule has 2 aliphatic rings. The molecule has 2 heterocycles. The standard InChI is InChI=1S/C26H27F6NO4/c1-14(24(35)36)23(34)16-6-5-15-3-2-4-21(37-22(15)10-16)18-12-33(13-18)11-17-9-19(25(27,28)29)7-8-20(17)26(30,31)32/h5-10,14,18,21,23,34H,2-4,11-13H2,1H3,(H,35,36)/p+1/t14-,21?,23+/m0/s1. The van der Waals surface area contributed by atoms with Crippen LogP contribution in [0.3, 0.4) is 0 Å². The zero-order valence-corrected chi connectivity index (χ0v) is 20.0. The Balaban J connectivity index is 1.45. The summed E-state index contributed by atoms with van der Waals surface area (Å²) < 4.78 is 84.4. The Kier molecular flexibility index (Phi) is 7.49. The molecule has 0 aromatic heterocycles. The van der Waals surface area contributed by atoms with Crippen molar-refractivity contribution in [1.82, 2.24) is 4.90 Å². The minimum Gasteiger partial charge on any atom is -0.580 e. The van der Waals surface area contributed by atoms with Crippen LogP contribution >= 0.6 is 0 Å². The molecule has 0 radical (unpaired) electrons. The van der Waals surface area contributed by atoms with Gasteiger partial charge >= 0.3 is 18.3 Å². The Morgan fingerprint density at radius 3 is 2.41 bits per heavy atom. The van der Waals surface area contributed by atoms with E-state index in [1.165, 1.54) is 6.92 Å².